The number of aliphatic carboxylic acids is 1. The number of carboxylic acid groups (broad SMARTS) is 1. The molecule has 0 spiro atoms. The average molecular weight is 180 g/mol. The molecule has 4 heteroatoms. The van der Waals surface area contributed by atoms with Crippen LogP contribution in [-0.2, 0) is 4.79 Å². The number of halogens is 1. The van der Waals surface area contributed by atoms with Crippen molar-refractivity contribution in [1.29, 1.82) is 0 Å². The lowest BCUT2D eigenvalue weighted by Gasteiger charge is -2.12. The molecule has 3 N–H and O–H groups in total. The summed E-state index contributed by atoms with van der Waals surface area (Å²) in [7, 11) is 0. The molecule has 0 aliphatic heterocycles. The minimum absolute atomic E-state index is 0. The van der Waals surface area contributed by atoms with Crippen molar-refractivity contribution < 1.29 is 9.90 Å². The highest BCUT2D eigenvalue weighted by Crippen LogP contribution is 2.29. The van der Waals surface area contributed by atoms with Crippen LogP contribution in [0.2, 0.25) is 0 Å². The molecule has 3 nitrogen and oxygen atoms in total. The minimum Gasteiger partial charge on any atom is -0.481 e. The van der Waals surface area contributed by atoms with Crippen LogP contribution >= 0.6 is 12.4 Å². The van der Waals surface area contributed by atoms with Gasteiger partial charge in [0.25, 0.3) is 0 Å². The normalized spacial score (nSPS) is 36.4. The Morgan fingerprint density at radius 3 is 2.27 bits per heavy atom. The molecule has 1 aliphatic rings. The van der Waals surface area contributed by atoms with E-state index in [1.807, 2.05) is 6.92 Å². The van der Waals surface area contributed by atoms with E-state index in [0.717, 1.165) is 12.8 Å². The topological polar surface area (TPSA) is 63.3 Å². The Labute approximate surface area is 72.4 Å². The highest BCUT2D eigenvalue weighted by Gasteiger charge is 2.34. The van der Waals surface area contributed by atoms with Crippen LogP contribution < -0.4 is 5.73 Å². The third kappa shape index (κ3) is 2.07. The third-order valence-corrected chi connectivity index (χ3v) is 2.37. The van der Waals surface area contributed by atoms with Gasteiger partial charge in [-0.15, -0.1) is 12.4 Å². The highest BCUT2D eigenvalue weighted by molar-refractivity contribution is 5.85. The van der Waals surface area contributed by atoms with Gasteiger partial charge in [0.15, 0.2) is 0 Å². The lowest BCUT2D eigenvalue weighted by atomic mass is 10.0. The summed E-state index contributed by atoms with van der Waals surface area (Å²) in [6.07, 6.45) is 1.70. The van der Waals surface area contributed by atoms with Crippen molar-refractivity contribution in [2.24, 2.45) is 17.6 Å². The van der Waals surface area contributed by atoms with Crippen LogP contribution in [0.15, 0.2) is 0 Å². The fraction of sp³-hybridized carbons (Fsp3) is 0.857. The second-order valence-electron chi connectivity index (χ2n) is 3.08. The largest absolute Gasteiger partial charge is 0.481 e. The first-order valence-electron chi connectivity index (χ1n) is 3.61. The molecule has 0 saturated heterocycles. The number of carboxylic acids is 1. The molecule has 1 saturated carbocycles. The van der Waals surface area contributed by atoms with E-state index in [0.29, 0.717) is 5.92 Å². The fourth-order valence-electron chi connectivity index (χ4n) is 1.51. The van der Waals surface area contributed by atoms with Gasteiger partial charge in [0, 0.05) is 6.04 Å². The molecular weight excluding hydrogens is 166 g/mol. The Hall–Kier alpha value is -0.280. The number of hydrogen-bond donors (Lipinski definition) is 2. The molecule has 1 unspecified atom stereocenters. The summed E-state index contributed by atoms with van der Waals surface area (Å²) in [6, 6.07) is -0.127. The predicted molar refractivity (Wildman–Crippen MR) is 44.7 cm³/mol. The van der Waals surface area contributed by atoms with E-state index in [1.165, 1.54) is 0 Å². The van der Waals surface area contributed by atoms with Gasteiger partial charge in [-0.2, -0.15) is 0 Å². The molecule has 11 heavy (non-hydrogen) atoms. The SMILES string of the molecule is CC1CC[C@@H](C(=O)O)[C@H]1N.Cl. The summed E-state index contributed by atoms with van der Waals surface area (Å²) in [5.41, 5.74) is 5.64. The molecule has 1 rings (SSSR count). The first-order chi connectivity index (χ1) is 4.63. The van der Waals surface area contributed by atoms with E-state index in [2.05, 4.69) is 0 Å². The quantitative estimate of drug-likeness (QED) is 0.628. The summed E-state index contributed by atoms with van der Waals surface area (Å²) in [6.45, 7) is 2.01. The van der Waals surface area contributed by atoms with E-state index >= 15 is 0 Å². The molecule has 0 aromatic heterocycles. The van der Waals surface area contributed by atoms with Gasteiger partial charge in [0.1, 0.15) is 0 Å². The number of rotatable bonds is 1. The summed E-state index contributed by atoms with van der Waals surface area (Å²) in [5.74, 6) is -0.659. The molecule has 0 aromatic rings. The van der Waals surface area contributed by atoms with E-state index in [-0.39, 0.29) is 24.4 Å². The van der Waals surface area contributed by atoms with Gasteiger partial charge in [0.2, 0.25) is 0 Å². The van der Waals surface area contributed by atoms with Gasteiger partial charge in [-0.1, -0.05) is 6.92 Å². The Morgan fingerprint density at radius 1 is 1.55 bits per heavy atom. The molecule has 1 aliphatic carbocycles. The van der Waals surface area contributed by atoms with Crippen molar-refractivity contribution in [2.45, 2.75) is 25.8 Å². The zero-order valence-electron chi connectivity index (χ0n) is 6.49. The van der Waals surface area contributed by atoms with Crippen molar-refractivity contribution in [3.8, 4) is 0 Å². The van der Waals surface area contributed by atoms with Crippen LogP contribution in [0.5, 0.6) is 0 Å². The maximum absolute atomic E-state index is 10.5. The average Bonchev–Trinajstić information content (AvgIpc) is 2.14. The Kier molecular flexibility index (Phi) is 3.83. The van der Waals surface area contributed by atoms with E-state index in [4.69, 9.17) is 10.8 Å². The van der Waals surface area contributed by atoms with E-state index in [9.17, 15) is 4.79 Å². The van der Waals surface area contributed by atoms with Crippen molar-refractivity contribution in [1.82, 2.24) is 0 Å². The maximum atomic E-state index is 10.5. The molecule has 0 amide bonds. The molecule has 3 atom stereocenters. The Bertz CT molecular complexity index is 151. The molecule has 66 valence electrons. The Balaban J connectivity index is 0.000001000. The van der Waals surface area contributed by atoms with Gasteiger partial charge in [0.05, 0.1) is 5.92 Å². The fourth-order valence-corrected chi connectivity index (χ4v) is 1.51. The Morgan fingerprint density at radius 2 is 2.09 bits per heavy atom. The van der Waals surface area contributed by atoms with Crippen LogP contribution in [0.3, 0.4) is 0 Å². The number of carbonyl (C=O) groups is 1. The molecule has 0 aromatic carbocycles. The third-order valence-electron chi connectivity index (χ3n) is 2.37. The summed E-state index contributed by atoms with van der Waals surface area (Å²) >= 11 is 0. The highest BCUT2D eigenvalue weighted by atomic mass is 35.5. The zero-order chi connectivity index (χ0) is 7.72. The summed E-state index contributed by atoms with van der Waals surface area (Å²) in [5, 5.41) is 8.62. The standard InChI is InChI=1S/C7H13NO2.ClH/c1-4-2-3-5(6(4)8)7(9)10;/h4-6H,2-3,8H2,1H3,(H,9,10);1H/t4?,5-,6+;/m1./s1. The first kappa shape index (κ1) is 10.7. The second-order valence-corrected chi connectivity index (χ2v) is 3.08. The van der Waals surface area contributed by atoms with Crippen LogP contribution in [0.25, 0.3) is 0 Å². The van der Waals surface area contributed by atoms with E-state index < -0.39 is 5.97 Å². The van der Waals surface area contributed by atoms with Crippen LogP contribution in [0.4, 0.5) is 0 Å². The monoisotopic (exact) mass is 179 g/mol. The maximum Gasteiger partial charge on any atom is 0.308 e. The number of nitrogens with two attached hydrogens (primary N) is 1. The number of hydrogen-bond acceptors (Lipinski definition) is 2. The predicted octanol–water partition coefficient (Wildman–Crippen LogP) is 0.866. The lowest BCUT2D eigenvalue weighted by molar-refractivity contribution is -0.142. The second kappa shape index (κ2) is 3.93. The van der Waals surface area contributed by atoms with Gasteiger partial charge in [-0.3, -0.25) is 4.79 Å². The smallest absolute Gasteiger partial charge is 0.308 e. The van der Waals surface area contributed by atoms with Crippen LogP contribution in [-0.4, -0.2) is 17.1 Å². The van der Waals surface area contributed by atoms with Crippen LogP contribution in [0, 0.1) is 11.8 Å². The summed E-state index contributed by atoms with van der Waals surface area (Å²) < 4.78 is 0. The van der Waals surface area contributed by atoms with Crippen molar-refractivity contribution in [3.05, 3.63) is 0 Å². The first-order valence-corrected chi connectivity index (χ1v) is 3.61. The molecular formula is C7H14ClNO2. The molecule has 1 fully saturated rings. The molecule has 0 bridgehead atoms. The summed E-state index contributed by atoms with van der Waals surface area (Å²) in [4.78, 5) is 10.5. The molecule has 0 heterocycles. The van der Waals surface area contributed by atoms with Crippen molar-refractivity contribution in [3.63, 3.8) is 0 Å². The molecule has 0 radical (unpaired) electrons. The van der Waals surface area contributed by atoms with Crippen molar-refractivity contribution >= 4 is 18.4 Å². The van der Waals surface area contributed by atoms with Gasteiger partial charge >= 0.3 is 5.97 Å². The van der Waals surface area contributed by atoms with E-state index in [1.54, 1.807) is 0 Å². The van der Waals surface area contributed by atoms with Crippen molar-refractivity contribution in [2.75, 3.05) is 0 Å². The zero-order valence-corrected chi connectivity index (χ0v) is 7.30. The van der Waals surface area contributed by atoms with Crippen LogP contribution in [0.1, 0.15) is 19.8 Å². The minimum atomic E-state index is -0.739. The van der Waals surface area contributed by atoms with Gasteiger partial charge in [-0.25, -0.2) is 0 Å². The van der Waals surface area contributed by atoms with Gasteiger partial charge in [-0.05, 0) is 18.8 Å². The lowest BCUT2D eigenvalue weighted by Crippen LogP contribution is -2.34. The van der Waals surface area contributed by atoms with Gasteiger partial charge < -0.3 is 10.8 Å².